The van der Waals surface area contributed by atoms with E-state index in [2.05, 4.69) is 5.32 Å². The lowest BCUT2D eigenvalue weighted by molar-refractivity contribution is -0.146. The normalized spacial score (nSPS) is 15.1. The van der Waals surface area contributed by atoms with E-state index in [0.29, 0.717) is 18.1 Å². The number of halogens is 1. The quantitative estimate of drug-likeness (QED) is 0.842. The molecule has 1 aromatic rings. The molecule has 0 unspecified atom stereocenters. The van der Waals surface area contributed by atoms with Crippen molar-refractivity contribution in [1.29, 1.82) is 0 Å². The number of benzene rings is 1. The fraction of sp³-hybridized carbons (Fsp3) is 0.429. The van der Waals surface area contributed by atoms with Crippen LogP contribution in [0, 0.1) is 0 Å². The molecule has 1 saturated heterocycles. The molecule has 1 N–H and O–H groups in total. The van der Waals surface area contributed by atoms with Gasteiger partial charge in [0, 0.05) is 24.7 Å². The molecule has 0 aromatic heterocycles. The Bertz CT molecular complexity index is 470. The summed E-state index contributed by atoms with van der Waals surface area (Å²) in [4.78, 5) is 25.3. The van der Waals surface area contributed by atoms with Crippen LogP contribution in [-0.2, 0) is 16.1 Å². The van der Waals surface area contributed by atoms with Crippen LogP contribution in [0.3, 0.4) is 0 Å². The molecule has 102 valence electrons. The molecule has 0 radical (unpaired) electrons. The summed E-state index contributed by atoms with van der Waals surface area (Å²) in [5.41, 5.74) is 0.809. The summed E-state index contributed by atoms with van der Waals surface area (Å²) in [5, 5.41) is 3.21. The number of rotatable bonds is 2. The molecular formula is C14H17ClN2O2. The number of piperidine rings is 1. The Morgan fingerprint density at radius 3 is 2.53 bits per heavy atom. The number of nitrogens with one attached hydrogen (secondary N) is 1. The summed E-state index contributed by atoms with van der Waals surface area (Å²) in [7, 11) is 0. The Hall–Kier alpha value is -1.55. The van der Waals surface area contributed by atoms with Crippen LogP contribution in [0.4, 0.5) is 0 Å². The van der Waals surface area contributed by atoms with Crippen LogP contribution in [-0.4, -0.2) is 29.8 Å². The largest absolute Gasteiger partial charge is 0.344 e. The summed E-state index contributed by atoms with van der Waals surface area (Å²) >= 11 is 5.99. The van der Waals surface area contributed by atoms with Gasteiger partial charge in [0.1, 0.15) is 0 Å². The van der Waals surface area contributed by atoms with E-state index in [4.69, 9.17) is 11.6 Å². The zero-order chi connectivity index (χ0) is 13.7. The van der Waals surface area contributed by atoms with Crippen LogP contribution in [0.15, 0.2) is 24.3 Å². The van der Waals surface area contributed by atoms with Crippen molar-refractivity contribution in [3.8, 4) is 0 Å². The summed E-state index contributed by atoms with van der Waals surface area (Å²) in [6, 6.07) is 7.26. The van der Waals surface area contributed by atoms with Crippen molar-refractivity contribution in [2.75, 3.05) is 13.1 Å². The molecule has 2 rings (SSSR count). The van der Waals surface area contributed by atoms with Crippen molar-refractivity contribution < 1.29 is 9.59 Å². The molecule has 1 heterocycles. The Kier molecular flexibility index (Phi) is 4.80. The first-order valence-corrected chi connectivity index (χ1v) is 6.87. The average Bonchev–Trinajstić information content (AvgIpc) is 2.46. The van der Waals surface area contributed by atoms with Crippen molar-refractivity contribution >= 4 is 23.4 Å². The van der Waals surface area contributed by atoms with Gasteiger partial charge in [-0.2, -0.15) is 0 Å². The van der Waals surface area contributed by atoms with Gasteiger partial charge in [-0.25, -0.2) is 0 Å². The van der Waals surface area contributed by atoms with Crippen molar-refractivity contribution in [3.05, 3.63) is 34.9 Å². The third-order valence-electron chi connectivity index (χ3n) is 3.23. The van der Waals surface area contributed by atoms with E-state index >= 15 is 0 Å². The highest BCUT2D eigenvalue weighted by molar-refractivity contribution is 6.35. The van der Waals surface area contributed by atoms with E-state index in [-0.39, 0.29) is 6.54 Å². The second-order valence-electron chi connectivity index (χ2n) is 4.63. The maximum atomic E-state index is 11.9. The van der Waals surface area contributed by atoms with Crippen LogP contribution >= 0.6 is 11.6 Å². The fourth-order valence-electron chi connectivity index (χ4n) is 2.13. The van der Waals surface area contributed by atoms with Crippen LogP contribution in [0.2, 0.25) is 5.02 Å². The Labute approximate surface area is 117 Å². The van der Waals surface area contributed by atoms with Gasteiger partial charge in [-0.3, -0.25) is 9.59 Å². The van der Waals surface area contributed by atoms with E-state index < -0.39 is 11.8 Å². The second-order valence-corrected chi connectivity index (χ2v) is 5.03. The van der Waals surface area contributed by atoms with Gasteiger partial charge in [-0.1, -0.05) is 29.8 Å². The number of hydrogen-bond acceptors (Lipinski definition) is 2. The lowest BCUT2D eigenvalue weighted by Gasteiger charge is -2.25. The monoisotopic (exact) mass is 280 g/mol. The maximum absolute atomic E-state index is 11.9. The molecule has 2 amide bonds. The molecule has 1 fully saturated rings. The van der Waals surface area contributed by atoms with Crippen molar-refractivity contribution in [2.24, 2.45) is 0 Å². The van der Waals surface area contributed by atoms with Gasteiger partial charge in [-0.15, -0.1) is 0 Å². The number of carbonyl (C=O) groups is 2. The first kappa shape index (κ1) is 13.9. The number of nitrogens with zero attached hydrogens (tertiary/aromatic N) is 1. The topological polar surface area (TPSA) is 49.4 Å². The third-order valence-corrected chi connectivity index (χ3v) is 3.60. The predicted molar refractivity (Wildman–Crippen MR) is 73.7 cm³/mol. The van der Waals surface area contributed by atoms with Crippen LogP contribution in [0.25, 0.3) is 0 Å². The Balaban J connectivity index is 1.87. The van der Waals surface area contributed by atoms with Crippen LogP contribution in [0.5, 0.6) is 0 Å². The third kappa shape index (κ3) is 3.70. The highest BCUT2D eigenvalue weighted by Gasteiger charge is 2.22. The van der Waals surface area contributed by atoms with Gasteiger partial charge in [-0.05, 0) is 30.9 Å². The standard InChI is InChI=1S/C14H17ClN2O2/c15-12-7-3-2-6-11(12)10-16-13(18)14(19)17-8-4-1-5-9-17/h2-3,6-7H,1,4-5,8-10H2,(H,16,18). The van der Waals surface area contributed by atoms with E-state index in [1.807, 2.05) is 18.2 Å². The molecule has 0 aliphatic carbocycles. The molecule has 0 atom stereocenters. The predicted octanol–water partition coefficient (Wildman–Crippen LogP) is 1.97. The highest BCUT2D eigenvalue weighted by atomic mass is 35.5. The molecule has 0 bridgehead atoms. The van der Waals surface area contributed by atoms with Crippen molar-refractivity contribution in [1.82, 2.24) is 10.2 Å². The number of amides is 2. The highest BCUT2D eigenvalue weighted by Crippen LogP contribution is 2.14. The van der Waals surface area contributed by atoms with Crippen LogP contribution in [0.1, 0.15) is 24.8 Å². The summed E-state index contributed by atoms with van der Waals surface area (Å²) in [6.45, 7) is 1.63. The number of hydrogen-bond donors (Lipinski definition) is 1. The van der Waals surface area contributed by atoms with Crippen molar-refractivity contribution in [2.45, 2.75) is 25.8 Å². The molecule has 1 aromatic carbocycles. The summed E-state index contributed by atoms with van der Waals surface area (Å²) in [6.07, 6.45) is 3.08. The SMILES string of the molecule is O=C(NCc1ccccc1Cl)C(=O)N1CCCCC1. The van der Waals surface area contributed by atoms with Gasteiger partial charge in [0.25, 0.3) is 0 Å². The zero-order valence-electron chi connectivity index (χ0n) is 10.7. The molecule has 0 spiro atoms. The molecule has 19 heavy (non-hydrogen) atoms. The Morgan fingerprint density at radius 1 is 1.16 bits per heavy atom. The number of carbonyl (C=O) groups excluding carboxylic acids is 2. The molecule has 1 aliphatic rings. The van der Waals surface area contributed by atoms with Gasteiger partial charge in [0.15, 0.2) is 0 Å². The first-order chi connectivity index (χ1) is 9.18. The second kappa shape index (κ2) is 6.57. The van der Waals surface area contributed by atoms with Gasteiger partial charge in [0.05, 0.1) is 0 Å². The minimum absolute atomic E-state index is 0.276. The van der Waals surface area contributed by atoms with E-state index in [1.54, 1.807) is 11.0 Å². The summed E-state index contributed by atoms with van der Waals surface area (Å²) in [5.74, 6) is -0.992. The lowest BCUT2D eigenvalue weighted by atomic mass is 10.1. The lowest BCUT2D eigenvalue weighted by Crippen LogP contribution is -2.44. The molecule has 0 saturated carbocycles. The first-order valence-electron chi connectivity index (χ1n) is 6.49. The number of likely N-dealkylation sites (tertiary alicyclic amines) is 1. The smallest absolute Gasteiger partial charge is 0.311 e. The summed E-state index contributed by atoms with van der Waals surface area (Å²) < 4.78 is 0. The van der Waals surface area contributed by atoms with Crippen molar-refractivity contribution in [3.63, 3.8) is 0 Å². The maximum Gasteiger partial charge on any atom is 0.311 e. The Morgan fingerprint density at radius 2 is 1.84 bits per heavy atom. The zero-order valence-corrected chi connectivity index (χ0v) is 11.4. The fourth-order valence-corrected chi connectivity index (χ4v) is 2.34. The van der Waals surface area contributed by atoms with E-state index in [1.165, 1.54) is 0 Å². The molecular weight excluding hydrogens is 264 g/mol. The van der Waals surface area contributed by atoms with Gasteiger partial charge < -0.3 is 10.2 Å². The van der Waals surface area contributed by atoms with Gasteiger partial charge >= 0.3 is 11.8 Å². The minimum Gasteiger partial charge on any atom is -0.344 e. The molecule has 5 heteroatoms. The van der Waals surface area contributed by atoms with Crippen LogP contribution < -0.4 is 5.32 Å². The van der Waals surface area contributed by atoms with Gasteiger partial charge in [0.2, 0.25) is 0 Å². The molecule has 4 nitrogen and oxygen atoms in total. The molecule has 1 aliphatic heterocycles. The van der Waals surface area contributed by atoms with E-state index in [9.17, 15) is 9.59 Å². The van der Waals surface area contributed by atoms with E-state index in [0.717, 1.165) is 24.8 Å². The average molecular weight is 281 g/mol. The minimum atomic E-state index is -0.554.